The van der Waals surface area contributed by atoms with Gasteiger partial charge in [0.15, 0.2) is 5.69 Å². The number of ether oxygens (including phenoxy) is 1. The van der Waals surface area contributed by atoms with Crippen LogP contribution in [0.15, 0.2) is 34.3 Å². The van der Waals surface area contributed by atoms with Gasteiger partial charge in [0.2, 0.25) is 17.7 Å². The van der Waals surface area contributed by atoms with E-state index in [1.165, 1.54) is 18.5 Å². The molecule has 0 spiro atoms. The zero-order valence-electron chi connectivity index (χ0n) is 22.2. The molecule has 2 amide bonds. The van der Waals surface area contributed by atoms with Gasteiger partial charge in [-0.25, -0.2) is 19.7 Å². The van der Waals surface area contributed by atoms with Crippen LogP contribution < -0.4 is 15.4 Å². The second-order valence-corrected chi connectivity index (χ2v) is 9.74. The fourth-order valence-corrected chi connectivity index (χ4v) is 4.31. The summed E-state index contributed by atoms with van der Waals surface area (Å²) in [6.45, 7) is 4.88. The van der Waals surface area contributed by atoms with E-state index in [4.69, 9.17) is 9.15 Å². The van der Waals surface area contributed by atoms with Crippen molar-refractivity contribution >= 4 is 23.2 Å². The molecule has 0 unspecified atom stereocenters. The normalized spacial score (nSPS) is 11.6. The number of aromatic nitrogens is 5. The van der Waals surface area contributed by atoms with Crippen molar-refractivity contribution in [1.82, 2.24) is 35.4 Å². The number of hydrogen-bond acceptors (Lipinski definition) is 10. The van der Waals surface area contributed by atoms with Crippen molar-refractivity contribution in [2.75, 3.05) is 39.1 Å². The van der Waals surface area contributed by atoms with Crippen LogP contribution >= 0.6 is 11.3 Å². The van der Waals surface area contributed by atoms with Gasteiger partial charge in [-0.2, -0.15) is 13.2 Å². The summed E-state index contributed by atoms with van der Waals surface area (Å²) in [5, 5.41) is 14.2. The third kappa shape index (κ3) is 7.09. The van der Waals surface area contributed by atoms with Gasteiger partial charge in [-0.1, -0.05) is 6.92 Å². The van der Waals surface area contributed by atoms with Crippen molar-refractivity contribution in [3.63, 3.8) is 0 Å². The van der Waals surface area contributed by atoms with Gasteiger partial charge in [-0.05, 0) is 32.6 Å². The standard InChI is InChI=1S/C25H27F3N8O3S/c1-5-6-29-24(37)33-20-10-17(23-32-19(13-40-23)25(26,27)28)18(12-30-20)16-9-15(21-35-34-14(2)39-21)11-31-22(16)38-8-7-36(3)4/h9-13H,5-8H2,1-4H3,(H2,29,30,33,37). The second-order valence-electron chi connectivity index (χ2n) is 8.89. The number of carbonyl (C=O) groups is 1. The maximum Gasteiger partial charge on any atom is 0.434 e. The molecular weight excluding hydrogens is 549 g/mol. The minimum atomic E-state index is -4.62. The molecule has 4 aromatic rings. The zero-order chi connectivity index (χ0) is 28.9. The van der Waals surface area contributed by atoms with Crippen LogP contribution in [0.5, 0.6) is 5.88 Å². The molecule has 40 heavy (non-hydrogen) atoms. The van der Waals surface area contributed by atoms with Gasteiger partial charge in [-0.15, -0.1) is 21.5 Å². The van der Waals surface area contributed by atoms with Crippen LogP contribution in [0, 0.1) is 6.92 Å². The highest BCUT2D eigenvalue weighted by Gasteiger charge is 2.34. The Balaban J connectivity index is 1.85. The van der Waals surface area contributed by atoms with E-state index in [1.54, 1.807) is 13.0 Å². The summed E-state index contributed by atoms with van der Waals surface area (Å²) in [5.74, 6) is 0.909. The molecule has 2 N–H and O–H groups in total. The fourth-order valence-electron chi connectivity index (χ4n) is 3.46. The Morgan fingerprint density at radius 1 is 1.12 bits per heavy atom. The Labute approximate surface area is 231 Å². The summed E-state index contributed by atoms with van der Waals surface area (Å²) >= 11 is 0.815. The molecule has 0 aliphatic carbocycles. The SMILES string of the molecule is CCCNC(=O)Nc1cc(-c2nc(C(F)(F)F)cs2)c(-c2cc(-c3nnc(C)o3)cnc2OCCN(C)C)cn1. The average molecular weight is 577 g/mol. The number of thiazole rings is 1. The Morgan fingerprint density at radius 3 is 2.58 bits per heavy atom. The van der Waals surface area contributed by atoms with E-state index in [9.17, 15) is 18.0 Å². The summed E-state index contributed by atoms with van der Waals surface area (Å²) in [6.07, 6.45) is -0.962. The molecular formula is C25H27F3N8O3S. The topological polar surface area (TPSA) is 131 Å². The van der Waals surface area contributed by atoms with Crippen molar-refractivity contribution in [1.29, 1.82) is 0 Å². The number of carbonyl (C=O) groups excluding carboxylic acids is 1. The largest absolute Gasteiger partial charge is 0.476 e. The molecule has 4 aromatic heterocycles. The Morgan fingerprint density at radius 2 is 1.93 bits per heavy atom. The minimum absolute atomic E-state index is 0.0695. The number of halogens is 3. The van der Waals surface area contributed by atoms with Gasteiger partial charge < -0.3 is 19.4 Å². The highest BCUT2D eigenvalue weighted by atomic mass is 32.1. The highest BCUT2D eigenvalue weighted by molar-refractivity contribution is 7.13. The number of anilines is 1. The highest BCUT2D eigenvalue weighted by Crippen LogP contribution is 2.41. The molecule has 0 aromatic carbocycles. The molecule has 0 atom stereocenters. The maximum atomic E-state index is 13.4. The van der Waals surface area contributed by atoms with Crippen LogP contribution in [-0.4, -0.2) is 69.9 Å². The van der Waals surface area contributed by atoms with E-state index in [2.05, 4.69) is 35.8 Å². The molecule has 4 heterocycles. The second kappa shape index (κ2) is 12.4. The molecule has 4 rings (SSSR count). The lowest BCUT2D eigenvalue weighted by molar-refractivity contribution is -0.140. The molecule has 0 radical (unpaired) electrons. The molecule has 15 heteroatoms. The van der Waals surface area contributed by atoms with Crippen molar-refractivity contribution < 1.29 is 27.1 Å². The first-order valence-electron chi connectivity index (χ1n) is 12.2. The van der Waals surface area contributed by atoms with Crippen LogP contribution in [0.2, 0.25) is 0 Å². The van der Waals surface area contributed by atoms with Gasteiger partial charge in [-0.3, -0.25) is 5.32 Å². The van der Waals surface area contributed by atoms with E-state index < -0.39 is 17.9 Å². The lowest BCUT2D eigenvalue weighted by Crippen LogP contribution is -2.29. The van der Waals surface area contributed by atoms with Crippen LogP contribution in [0.1, 0.15) is 24.9 Å². The number of urea groups is 1. The Bertz CT molecular complexity index is 1470. The molecule has 11 nitrogen and oxygen atoms in total. The molecule has 0 aliphatic heterocycles. The van der Waals surface area contributed by atoms with Gasteiger partial charge in [0, 0.05) is 54.5 Å². The van der Waals surface area contributed by atoms with Crippen LogP contribution in [-0.2, 0) is 6.18 Å². The van der Waals surface area contributed by atoms with Gasteiger partial charge in [0.05, 0.1) is 5.56 Å². The first kappa shape index (κ1) is 28.9. The third-order valence-corrected chi connectivity index (χ3v) is 6.27. The lowest BCUT2D eigenvalue weighted by atomic mass is 10.0. The summed E-state index contributed by atoms with van der Waals surface area (Å²) in [4.78, 5) is 26.8. The number of alkyl halides is 3. The molecule has 0 saturated carbocycles. The van der Waals surface area contributed by atoms with E-state index in [0.717, 1.165) is 23.1 Å². The quantitative estimate of drug-likeness (QED) is 0.264. The molecule has 0 saturated heterocycles. The number of hydrogen-bond donors (Lipinski definition) is 2. The summed E-state index contributed by atoms with van der Waals surface area (Å²) < 4.78 is 51.8. The lowest BCUT2D eigenvalue weighted by Gasteiger charge is -2.16. The number of amides is 2. The predicted octanol–water partition coefficient (Wildman–Crippen LogP) is 5.12. The van der Waals surface area contributed by atoms with Crippen molar-refractivity contribution in [2.24, 2.45) is 0 Å². The number of nitrogens with zero attached hydrogens (tertiary/aromatic N) is 6. The van der Waals surface area contributed by atoms with E-state index in [-0.39, 0.29) is 22.6 Å². The zero-order valence-corrected chi connectivity index (χ0v) is 23.0. The number of nitrogens with one attached hydrogen (secondary N) is 2. The molecule has 0 bridgehead atoms. The monoisotopic (exact) mass is 576 g/mol. The number of aryl methyl sites for hydroxylation is 1. The fraction of sp³-hybridized carbons (Fsp3) is 0.360. The summed E-state index contributed by atoms with van der Waals surface area (Å²) in [7, 11) is 3.79. The Kier molecular flexibility index (Phi) is 8.94. The number of likely N-dealkylation sites (N-methyl/N-ethyl adjacent to an activating group) is 1. The van der Waals surface area contributed by atoms with Crippen LogP contribution in [0.4, 0.5) is 23.8 Å². The molecule has 0 fully saturated rings. The molecule has 0 aliphatic rings. The average Bonchev–Trinajstić information content (AvgIpc) is 3.57. The summed E-state index contributed by atoms with van der Waals surface area (Å²) in [6, 6.07) is 2.66. The van der Waals surface area contributed by atoms with Gasteiger partial charge in [0.25, 0.3) is 0 Å². The van der Waals surface area contributed by atoms with Crippen molar-refractivity contribution in [3.05, 3.63) is 41.5 Å². The van der Waals surface area contributed by atoms with Gasteiger partial charge in [0.1, 0.15) is 17.4 Å². The van der Waals surface area contributed by atoms with Gasteiger partial charge >= 0.3 is 12.2 Å². The smallest absolute Gasteiger partial charge is 0.434 e. The van der Waals surface area contributed by atoms with Crippen LogP contribution in [0.25, 0.3) is 33.2 Å². The summed E-state index contributed by atoms with van der Waals surface area (Å²) in [5.41, 5.74) is 0.534. The van der Waals surface area contributed by atoms with Crippen molar-refractivity contribution in [3.8, 4) is 39.0 Å². The minimum Gasteiger partial charge on any atom is -0.476 e. The Hall–Kier alpha value is -4.11. The first-order chi connectivity index (χ1) is 19.0. The van der Waals surface area contributed by atoms with E-state index >= 15 is 0 Å². The van der Waals surface area contributed by atoms with Crippen LogP contribution in [0.3, 0.4) is 0 Å². The maximum absolute atomic E-state index is 13.4. The number of pyridine rings is 2. The third-order valence-electron chi connectivity index (χ3n) is 5.40. The van der Waals surface area contributed by atoms with E-state index in [1.807, 2.05) is 25.9 Å². The van der Waals surface area contributed by atoms with Crippen molar-refractivity contribution in [2.45, 2.75) is 26.4 Å². The van der Waals surface area contributed by atoms with E-state index in [0.29, 0.717) is 47.8 Å². The first-order valence-corrected chi connectivity index (χ1v) is 13.1. The predicted molar refractivity (Wildman–Crippen MR) is 143 cm³/mol. The molecule has 212 valence electrons. The number of rotatable bonds is 10.